The number of para-hydroxylation sites is 1. The van der Waals surface area contributed by atoms with Crippen LogP contribution in [0.2, 0.25) is 0 Å². The number of nitrogens with zero attached hydrogens (tertiary/aromatic N) is 1. The number of furan rings is 1. The molecule has 0 saturated heterocycles. The van der Waals surface area contributed by atoms with Gasteiger partial charge in [-0.3, -0.25) is 0 Å². The van der Waals surface area contributed by atoms with Gasteiger partial charge in [0, 0.05) is 33.2 Å². The highest BCUT2D eigenvalue weighted by molar-refractivity contribution is 6.07. The monoisotopic (exact) mass is 627 g/mol. The number of fused-ring (bicyclic) bond motifs is 8. The van der Waals surface area contributed by atoms with Crippen molar-refractivity contribution in [1.29, 1.82) is 0 Å². The summed E-state index contributed by atoms with van der Waals surface area (Å²) in [7, 11) is 0. The van der Waals surface area contributed by atoms with E-state index >= 15 is 0 Å². The highest BCUT2D eigenvalue weighted by Crippen LogP contribution is 2.54. The van der Waals surface area contributed by atoms with Gasteiger partial charge in [0.25, 0.3) is 0 Å². The van der Waals surface area contributed by atoms with E-state index in [9.17, 15) is 0 Å². The summed E-state index contributed by atoms with van der Waals surface area (Å²) in [6.45, 7) is 4.78. The van der Waals surface area contributed by atoms with E-state index in [0.29, 0.717) is 5.92 Å². The van der Waals surface area contributed by atoms with E-state index in [1.807, 2.05) is 0 Å². The standard InChI is InChI=1S/C46H45NO/c1-46(2)42-26-36(22-23-37(42)40-28-45-41(27-43(40)46)38-10-6-7-11-44(38)48-45)47(34-18-14-31(15-19-34)30-8-4-3-5-9-30)35-20-16-32(17-21-35)39-25-29-12-13-33(39)24-29/h6-7,10-11,14-23,26-30,33,39H,3-5,8-9,12-13,24-25H2,1-2H3. The zero-order valence-electron chi connectivity index (χ0n) is 28.3. The maximum Gasteiger partial charge on any atom is 0.136 e. The lowest BCUT2D eigenvalue weighted by atomic mass is 9.81. The molecule has 0 N–H and O–H groups in total. The molecular formula is C46H45NO. The van der Waals surface area contributed by atoms with Gasteiger partial charge in [-0.25, -0.2) is 0 Å². The van der Waals surface area contributed by atoms with E-state index in [0.717, 1.165) is 28.9 Å². The molecule has 2 heteroatoms. The minimum atomic E-state index is -0.130. The van der Waals surface area contributed by atoms with E-state index in [4.69, 9.17) is 4.42 Å². The molecule has 48 heavy (non-hydrogen) atoms. The second kappa shape index (κ2) is 10.9. The first-order valence-electron chi connectivity index (χ1n) is 18.6. The van der Waals surface area contributed by atoms with E-state index in [1.54, 1.807) is 5.56 Å². The fraction of sp³-hybridized carbons (Fsp3) is 0.348. The van der Waals surface area contributed by atoms with Crippen molar-refractivity contribution in [2.75, 3.05) is 4.90 Å². The summed E-state index contributed by atoms with van der Waals surface area (Å²) in [6.07, 6.45) is 12.5. The van der Waals surface area contributed by atoms with Gasteiger partial charge in [-0.05, 0) is 144 Å². The van der Waals surface area contributed by atoms with E-state index in [-0.39, 0.29) is 5.41 Å². The summed E-state index contributed by atoms with van der Waals surface area (Å²) >= 11 is 0. The van der Waals surface area contributed by atoms with E-state index in [2.05, 4.69) is 122 Å². The van der Waals surface area contributed by atoms with Crippen LogP contribution in [0.3, 0.4) is 0 Å². The smallest absolute Gasteiger partial charge is 0.136 e. The quantitative estimate of drug-likeness (QED) is 0.189. The highest BCUT2D eigenvalue weighted by atomic mass is 16.3. The van der Waals surface area contributed by atoms with Crippen molar-refractivity contribution < 1.29 is 4.42 Å². The average molecular weight is 628 g/mol. The fourth-order valence-electron chi connectivity index (χ4n) is 10.4. The van der Waals surface area contributed by atoms with Crippen LogP contribution in [0, 0.1) is 11.8 Å². The van der Waals surface area contributed by atoms with Gasteiger partial charge in [-0.1, -0.05) is 88.1 Å². The molecule has 2 bridgehead atoms. The summed E-state index contributed by atoms with van der Waals surface area (Å²) in [6, 6.07) is 39.5. The average Bonchev–Trinajstić information content (AvgIpc) is 3.90. The number of benzene rings is 5. The Bertz CT molecular complexity index is 2160. The highest BCUT2D eigenvalue weighted by Gasteiger charge is 2.40. The number of hydrogen-bond donors (Lipinski definition) is 0. The first-order chi connectivity index (χ1) is 23.5. The van der Waals surface area contributed by atoms with Crippen LogP contribution < -0.4 is 4.90 Å². The van der Waals surface area contributed by atoms with Crippen LogP contribution in [0.15, 0.2) is 108 Å². The van der Waals surface area contributed by atoms with Crippen LogP contribution in [0.25, 0.3) is 33.1 Å². The first-order valence-corrected chi connectivity index (χ1v) is 18.6. The Labute approximate surface area is 284 Å². The Morgan fingerprint density at radius 3 is 2.02 bits per heavy atom. The Hall–Kier alpha value is -4.30. The molecule has 0 radical (unpaired) electrons. The Balaban J connectivity index is 1.06. The van der Waals surface area contributed by atoms with Gasteiger partial charge < -0.3 is 9.32 Å². The second-order valence-corrected chi connectivity index (χ2v) is 16.0. The van der Waals surface area contributed by atoms with E-state index in [1.165, 1.54) is 113 Å². The van der Waals surface area contributed by atoms with E-state index < -0.39 is 0 Å². The molecule has 5 aromatic carbocycles. The maximum atomic E-state index is 6.35. The molecule has 0 aliphatic heterocycles. The predicted octanol–water partition coefficient (Wildman–Crippen LogP) is 13.3. The molecule has 10 rings (SSSR count). The molecule has 4 aliphatic carbocycles. The van der Waals surface area contributed by atoms with Gasteiger partial charge in [0.1, 0.15) is 11.2 Å². The molecule has 2 nitrogen and oxygen atoms in total. The van der Waals surface area contributed by atoms with Crippen LogP contribution in [-0.4, -0.2) is 0 Å². The van der Waals surface area contributed by atoms with Gasteiger partial charge in [0.15, 0.2) is 0 Å². The maximum absolute atomic E-state index is 6.35. The molecule has 3 fully saturated rings. The molecule has 4 aliphatic rings. The molecule has 3 saturated carbocycles. The lowest BCUT2D eigenvalue weighted by Crippen LogP contribution is -2.17. The van der Waals surface area contributed by atoms with Gasteiger partial charge in [-0.2, -0.15) is 0 Å². The van der Waals surface area contributed by atoms with Crippen molar-refractivity contribution >= 4 is 39.0 Å². The van der Waals surface area contributed by atoms with Crippen molar-refractivity contribution in [2.24, 2.45) is 11.8 Å². The normalized spacial score (nSPS) is 22.8. The lowest BCUT2D eigenvalue weighted by molar-refractivity contribution is 0.420. The summed E-state index contributed by atoms with van der Waals surface area (Å²) in [5.41, 5.74) is 13.9. The molecular weight excluding hydrogens is 583 g/mol. The third-order valence-corrected chi connectivity index (χ3v) is 13.0. The minimum absolute atomic E-state index is 0.130. The number of anilines is 3. The second-order valence-electron chi connectivity index (χ2n) is 16.0. The van der Waals surface area contributed by atoms with Crippen molar-refractivity contribution in [3.05, 3.63) is 125 Å². The predicted molar refractivity (Wildman–Crippen MR) is 200 cm³/mol. The van der Waals surface area contributed by atoms with Crippen molar-refractivity contribution in [3.8, 4) is 11.1 Å². The Kier molecular flexibility index (Phi) is 6.49. The minimum Gasteiger partial charge on any atom is -0.456 e. The van der Waals surface area contributed by atoms with Gasteiger partial charge in [0.05, 0.1) is 0 Å². The topological polar surface area (TPSA) is 16.4 Å². The van der Waals surface area contributed by atoms with Gasteiger partial charge >= 0.3 is 0 Å². The summed E-state index contributed by atoms with van der Waals surface area (Å²) in [4.78, 5) is 2.49. The van der Waals surface area contributed by atoms with Crippen LogP contribution >= 0.6 is 0 Å². The van der Waals surface area contributed by atoms with Crippen LogP contribution in [0.5, 0.6) is 0 Å². The molecule has 1 heterocycles. The number of rotatable bonds is 5. The fourth-order valence-corrected chi connectivity index (χ4v) is 10.4. The zero-order chi connectivity index (χ0) is 32.0. The van der Waals surface area contributed by atoms with Crippen molar-refractivity contribution in [2.45, 2.75) is 88.9 Å². The molecule has 240 valence electrons. The van der Waals surface area contributed by atoms with Gasteiger partial charge in [0.2, 0.25) is 0 Å². The summed E-state index contributed by atoms with van der Waals surface area (Å²) in [5, 5.41) is 2.40. The van der Waals surface area contributed by atoms with Gasteiger partial charge in [-0.15, -0.1) is 0 Å². The van der Waals surface area contributed by atoms with Crippen LogP contribution in [0.4, 0.5) is 17.1 Å². The number of hydrogen-bond acceptors (Lipinski definition) is 2. The first kappa shape index (κ1) is 28.7. The third kappa shape index (κ3) is 4.44. The van der Waals surface area contributed by atoms with Crippen molar-refractivity contribution in [3.63, 3.8) is 0 Å². The summed E-state index contributed by atoms with van der Waals surface area (Å²) < 4.78 is 6.35. The Morgan fingerprint density at radius 1 is 0.583 bits per heavy atom. The lowest BCUT2D eigenvalue weighted by Gasteiger charge is -2.29. The van der Waals surface area contributed by atoms with Crippen LogP contribution in [-0.2, 0) is 5.41 Å². The molecule has 0 amide bonds. The SMILES string of the molecule is CC1(C)c2cc(N(c3ccc(C4CCCCC4)cc3)c3ccc(C4CC5CCC4C5)cc3)ccc2-c2cc3oc4ccccc4c3cc21. The molecule has 3 atom stereocenters. The molecule has 1 aromatic heterocycles. The van der Waals surface area contributed by atoms with Crippen LogP contribution in [0.1, 0.15) is 106 Å². The molecule has 6 aromatic rings. The molecule has 3 unspecified atom stereocenters. The summed E-state index contributed by atoms with van der Waals surface area (Å²) in [5.74, 6) is 3.31. The largest absolute Gasteiger partial charge is 0.456 e. The Morgan fingerprint density at radius 2 is 1.29 bits per heavy atom. The van der Waals surface area contributed by atoms with Crippen molar-refractivity contribution in [1.82, 2.24) is 0 Å². The third-order valence-electron chi connectivity index (χ3n) is 13.0. The zero-order valence-corrected chi connectivity index (χ0v) is 28.3. The molecule has 0 spiro atoms.